The van der Waals surface area contributed by atoms with E-state index in [9.17, 15) is 19.5 Å². The van der Waals surface area contributed by atoms with Gasteiger partial charge in [-0.1, -0.05) is 85.3 Å². The summed E-state index contributed by atoms with van der Waals surface area (Å²) >= 11 is 0. The number of aliphatic carboxylic acids is 1. The van der Waals surface area contributed by atoms with Crippen molar-refractivity contribution in [3.05, 3.63) is 95.6 Å². The summed E-state index contributed by atoms with van der Waals surface area (Å²) in [6.45, 7) is 2.18. The lowest BCUT2D eigenvalue weighted by atomic mass is 9.68. The van der Waals surface area contributed by atoms with E-state index in [0.29, 0.717) is 38.8 Å². The second kappa shape index (κ2) is 11.6. The first kappa shape index (κ1) is 28.0. The molecule has 0 unspecified atom stereocenters. The molecule has 6 rings (SSSR count). The number of carboxylic acid groups (broad SMARTS) is 1. The number of carbonyl (C=O) groups is 3. The minimum Gasteiger partial charge on any atom is -0.481 e. The number of carbonyl (C=O) groups excluding carboxylic acids is 2. The molecule has 0 atom stereocenters. The Bertz CT molecular complexity index is 1420. The number of benzene rings is 3. The molecule has 0 radical (unpaired) electrons. The molecule has 0 aromatic heterocycles. The quantitative estimate of drug-likeness (QED) is 0.339. The van der Waals surface area contributed by atoms with Crippen LogP contribution in [0.25, 0.3) is 11.1 Å². The van der Waals surface area contributed by atoms with Gasteiger partial charge in [0.1, 0.15) is 12.1 Å². The third kappa shape index (κ3) is 5.39. The Hall–Kier alpha value is -4.17. The van der Waals surface area contributed by atoms with E-state index in [-0.39, 0.29) is 25.0 Å². The van der Waals surface area contributed by atoms with Crippen molar-refractivity contribution in [1.82, 2.24) is 15.5 Å². The van der Waals surface area contributed by atoms with Crippen LogP contribution in [0.3, 0.4) is 0 Å². The van der Waals surface area contributed by atoms with Crippen LogP contribution in [0.4, 0.5) is 4.79 Å². The average molecular weight is 568 g/mol. The molecule has 3 aliphatic rings. The Kier molecular flexibility index (Phi) is 7.73. The topological polar surface area (TPSA) is 108 Å². The number of hydrogen-bond donors (Lipinski definition) is 3. The second-order valence-corrected chi connectivity index (χ2v) is 11.9. The van der Waals surface area contributed by atoms with Crippen LogP contribution in [-0.2, 0) is 20.9 Å². The summed E-state index contributed by atoms with van der Waals surface area (Å²) in [6.07, 6.45) is 2.08. The predicted octanol–water partition coefficient (Wildman–Crippen LogP) is 4.93. The maximum Gasteiger partial charge on any atom is 0.408 e. The minimum atomic E-state index is -1.18. The molecular formula is C34H37N3O5. The SMILES string of the molecule is O=C(NC1(C(=O)NCC2(C(=O)O)CCC2)CCN(Cc2ccccc2)CC1)OCC1c2ccccc2-c2ccccc21. The van der Waals surface area contributed by atoms with Gasteiger partial charge in [-0.3, -0.25) is 14.5 Å². The van der Waals surface area contributed by atoms with Crippen LogP contribution in [0.5, 0.6) is 0 Å². The van der Waals surface area contributed by atoms with Crippen LogP contribution in [0, 0.1) is 5.41 Å². The third-order valence-electron chi connectivity index (χ3n) is 9.43. The number of nitrogens with one attached hydrogen (secondary N) is 2. The molecule has 1 heterocycles. The van der Waals surface area contributed by atoms with Gasteiger partial charge < -0.3 is 20.5 Å². The maximum absolute atomic E-state index is 13.7. The Balaban J connectivity index is 1.15. The molecule has 3 aromatic carbocycles. The number of alkyl carbamates (subject to hydrolysis) is 1. The van der Waals surface area contributed by atoms with Crippen molar-refractivity contribution in [1.29, 1.82) is 0 Å². The standard InChI is InChI=1S/C34H37N3O5/c38-30(35-23-33(31(39)40)15-8-16-33)34(17-19-37(20-18-34)21-24-9-2-1-3-10-24)36-32(41)42-22-29-27-13-6-4-11-25(27)26-12-5-7-14-28(26)29/h1-7,9-14,29H,8,15-23H2,(H,35,38)(H,36,41)(H,39,40). The Morgan fingerprint density at radius 3 is 2.00 bits per heavy atom. The van der Waals surface area contributed by atoms with Crippen LogP contribution >= 0.6 is 0 Å². The van der Waals surface area contributed by atoms with E-state index in [0.717, 1.165) is 35.2 Å². The van der Waals surface area contributed by atoms with Gasteiger partial charge in [0.2, 0.25) is 5.91 Å². The van der Waals surface area contributed by atoms with Gasteiger partial charge in [-0.05, 0) is 53.5 Å². The van der Waals surface area contributed by atoms with Crippen LogP contribution in [-0.4, -0.2) is 59.8 Å². The van der Waals surface area contributed by atoms with E-state index in [1.807, 2.05) is 42.5 Å². The molecule has 42 heavy (non-hydrogen) atoms. The molecule has 2 fully saturated rings. The number of carboxylic acids is 1. The van der Waals surface area contributed by atoms with Gasteiger partial charge >= 0.3 is 12.1 Å². The van der Waals surface area contributed by atoms with Crippen molar-refractivity contribution >= 4 is 18.0 Å². The number of piperidine rings is 1. The molecule has 0 spiro atoms. The number of nitrogens with zero attached hydrogens (tertiary/aromatic N) is 1. The van der Waals surface area contributed by atoms with Gasteiger partial charge in [-0.25, -0.2) is 4.79 Å². The highest BCUT2D eigenvalue weighted by Gasteiger charge is 2.48. The van der Waals surface area contributed by atoms with Crippen molar-refractivity contribution < 1.29 is 24.2 Å². The zero-order chi connectivity index (χ0) is 29.2. The highest BCUT2D eigenvalue weighted by molar-refractivity contribution is 5.91. The van der Waals surface area contributed by atoms with Crippen molar-refractivity contribution in [2.75, 3.05) is 26.2 Å². The first-order chi connectivity index (χ1) is 20.4. The van der Waals surface area contributed by atoms with Crippen molar-refractivity contribution in [2.24, 2.45) is 5.41 Å². The number of amides is 2. The summed E-state index contributed by atoms with van der Waals surface area (Å²) in [5, 5.41) is 15.6. The van der Waals surface area contributed by atoms with Gasteiger partial charge in [0.05, 0.1) is 5.41 Å². The Morgan fingerprint density at radius 1 is 0.833 bits per heavy atom. The summed E-state index contributed by atoms with van der Waals surface area (Å²) in [7, 11) is 0. The second-order valence-electron chi connectivity index (χ2n) is 11.9. The fourth-order valence-electron chi connectivity index (χ4n) is 6.66. The molecule has 0 bridgehead atoms. The summed E-state index contributed by atoms with van der Waals surface area (Å²) in [6, 6.07) is 26.5. The van der Waals surface area contributed by atoms with Crippen molar-refractivity contribution in [2.45, 2.75) is 50.1 Å². The zero-order valence-corrected chi connectivity index (χ0v) is 23.7. The van der Waals surface area contributed by atoms with E-state index < -0.39 is 23.0 Å². The van der Waals surface area contributed by atoms with E-state index >= 15 is 0 Å². The molecular weight excluding hydrogens is 530 g/mol. The van der Waals surface area contributed by atoms with Crippen LogP contribution in [0.1, 0.15) is 54.7 Å². The smallest absolute Gasteiger partial charge is 0.408 e. The van der Waals surface area contributed by atoms with Gasteiger partial charge in [0.25, 0.3) is 0 Å². The minimum absolute atomic E-state index is 0.0585. The van der Waals surface area contributed by atoms with Crippen molar-refractivity contribution in [3.63, 3.8) is 0 Å². The van der Waals surface area contributed by atoms with Gasteiger partial charge in [0.15, 0.2) is 0 Å². The molecule has 1 saturated carbocycles. The number of fused-ring (bicyclic) bond motifs is 3. The lowest BCUT2D eigenvalue weighted by Gasteiger charge is -2.42. The normalized spacial score (nSPS) is 18.7. The fourth-order valence-corrected chi connectivity index (χ4v) is 6.66. The molecule has 3 aromatic rings. The number of ether oxygens (including phenoxy) is 1. The van der Waals surface area contributed by atoms with Gasteiger partial charge in [-0.15, -0.1) is 0 Å². The zero-order valence-electron chi connectivity index (χ0n) is 23.7. The third-order valence-corrected chi connectivity index (χ3v) is 9.43. The number of hydrogen-bond acceptors (Lipinski definition) is 5. The summed E-state index contributed by atoms with van der Waals surface area (Å²) in [4.78, 5) is 41.2. The molecule has 3 N–H and O–H groups in total. The lowest BCUT2D eigenvalue weighted by molar-refractivity contribution is -0.154. The van der Waals surface area contributed by atoms with Gasteiger partial charge in [0, 0.05) is 32.1 Å². The molecule has 2 amide bonds. The van der Waals surface area contributed by atoms with E-state index in [2.05, 4.69) is 51.9 Å². The Labute approximate surface area is 246 Å². The molecule has 1 saturated heterocycles. The van der Waals surface area contributed by atoms with E-state index in [4.69, 9.17) is 4.74 Å². The summed E-state index contributed by atoms with van der Waals surface area (Å²) < 4.78 is 5.82. The molecule has 2 aliphatic carbocycles. The maximum atomic E-state index is 13.7. The largest absolute Gasteiger partial charge is 0.481 e. The first-order valence-electron chi connectivity index (χ1n) is 14.8. The molecule has 218 valence electrons. The van der Waals surface area contributed by atoms with Crippen LogP contribution in [0.15, 0.2) is 78.9 Å². The molecule has 8 heteroatoms. The molecule has 1 aliphatic heterocycles. The lowest BCUT2D eigenvalue weighted by Crippen LogP contribution is -2.64. The predicted molar refractivity (Wildman–Crippen MR) is 159 cm³/mol. The average Bonchev–Trinajstić information content (AvgIpc) is 3.30. The Morgan fingerprint density at radius 2 is 1.43 bits per heavy atom. The first-order valence-corrected chi connectivity index (χ1v) is 14.8. The summed E-state index contributed by atoms with van der Waals surface area (Å²) in [5.74, 6) is -1.32. The summed E-state index contributed by atoms with van der Waals surface area (Å²) in [5.41, 5.74) is 3.61. The fraction of sp³-hybridized carbons (Fsp3) is 0.382. The van der Waals surface area contributed by atoms with Crippen molar-refractivity contribution in [3.8, 4) is 11.1 Å². The monoisotopic (exact) mass is 567 g/mol. The van der Waals surface area contributed by atoms with E-state index in [1.165, 1.54) is 5.56 Å². The molecule has 8 nitrogen and oxygen atoms in total. The number of rotatable bonds is 9. The highest BCUT2D eigenvalue weighted by Crippen LogP contribution is 2.44. The van der Waals surface area contributed by atoms with Gasteiger partial charge in [-0.2, -0.15) is 0 Å². The van der Waals surface area contributed by atoms with Crippen LogP contribution < -0.4 is 10.6 Å². The van der Waals surface area contributed by atoms with Crippen LogP contribution in [0.2, 0.25) is 0 Å². The van der Waals surface area contributed by atoms with E-state index in [1.54, 1.807) is 0 Å². The highest BCUT2D eigenvalue weighted by atomic mass is 16.5. The number of likely N-dealkylation sites (tertiary alicyclic amines) is 1.